The van der Waals surface area contributed by atoms with Crippen molar-refractivity contribution in [2.45, 2.75) is 31.7 Å². The molecular formula is C25H34N6S. The first-order valence-electron chi connectivity index (χ1n) is 11.9. The number of rotatable bonds is 7. The van der Waals surface area contributed by atoms with Crippen molar-refractivity contribution in [1.82, 2.24) is 19.8 Å². The molecule has 6 nitrogen and oxygen atoms in total. The van der Waals surface area contributed by atoms with E-state index < -0.39 is 0 Å². The summed E-state index contributed by atoms with van der Waals surface area (Å²) in [4.78, 5) is 18.5. The van der Waals surface area contributed by atoms with E-state index in [0.29, 0.717) is 6.04 Å². The zero-order valence-electron chi connectivity index (χ0n) is 19.3. The van der Waals surface area contributed by atoms with Crippen LogP contribution in [-0.4, -0.2) is 79.2 Å². The standard InChI is InChI=1S/C25H34N6S/c1-29(2)20-10-15-31(16-11-20)23-22-21(19-8-4-3-5-9-19)18-32-24(22)28-25(27-23)26-12-17-30-13-6-7-14-30/h3-5,8-9,18,20H,6-7,10-17H2,1-2H3,(H,26,27,28). The Morgan fingerprint density at radius 1 is 1.03 bits per heavy atom. The summed E-state index contributed by atoms with van der Waals surface area (Å²) >= 11 is 1.73. The Bertz CT molecular complexity index is 1020. The minimum atomic E-state index is 0.651. The van der Waals surface area contributed by atoms with Crippen molar-refractivity contribution in [3.05, 3.63) is 35.7 Å². The van der Waals surface area contributed by atoms with E-state index in [1.165, 1.54) is 55.3 Å². The van der Waals surface area contributed by atoms with E-state index in [9.17, 15) is 0 Å². The Labute approximate surface area is 195 Å². The second kappa shape index (κ2) is 9.73. The number of anilines is 2. The van der Waals surface area contributed by atoms with Crippen LogP contribution in [0, 0.1) is 0 Å². The number of nitrogens with one attached hydrogen (secondary N) is 1. The highest BCUT2D eigenvalue weighted by Crippen LogP contribution is 2.39. The Morgan fingerprint density at radius 2 is 1.78 bits per heavy atom. The molecule has 2 saturated heterocycles. The van der Waals surface area contributed by atoms with Crippen molar-refractivity contribution < 1.29 is 0 Å². The molecule has 5 rings (SSSR count). The Hall–Kier alpha value is -2.22. The van der Waals surface area contributed by atoms with E-state index >= 15 is 0 Å². The molecule has 0 atom stereocenters. The summed E-state index contributed by atoms with van der Waals surface area (Å²) in [6, 6.07) is 11.3. The highest BCUT2D eigenvalue weighted by Gasteiger charge is 2.25. The first-order chi connectivity index (χ1) is 15.7. The average Bonchev–Trinajstić information content (AvgIpc) is 3.49. The summed E-state index contributed by atoms with van der Waals surface area (Å²) in [5.74, 6) is 1.86. The third-order valence-electron chi connectivity index (χ3n) is 6.90. The van der Waals surface area contributed by atoms with Gasteiger partial charge >= 0.3 is 0 Å². The minimum absolute atomic E-state index is 0.651. The summed E-state index contributed by atoms with van der Waals surface area (Å²) in [6.45, 7) is 6.46. The number of likely N-dealkylation sites (tertiary alicyclic amines) is 1. The molecule has 3 aromatic rings. The summed E-state index contributed by atoms with van der Waals surface area (Å²) in [7, 11) is 4.38. The van der Waals surface area contributed by atoms with Crippen LogP contribution in [0.3, 0.4) is 0 Å². The molecule has 2 aliphatic heterocycles. The summed E-state index contributed by atoms with van der Waals surface area (Å²) in [6.07, 6.45) is 4.99. The van der Waals surface area contributed by atoms with Gasteiger partial charge in [-0.2, -0.15) is 4.98 Å². The van der Waals surface area contributed by atoms with Gasteiger partial charge in [0.05, 0.1) is 5.39 Å². The van der Waals surface area contributed by atoms with Gasteiger partial charge in [-0.05, 0) is 58.4 Å². The molecule has 1 aromatic carbocycles. The normalized spacial score (nSPS) is 18.2. The predicted octanol–water partition coefficient (Wildman–Crippen LogP) is 4.40. The van der Waals surface area contributed by atoms with Crippen LogP contribution in [-0.2, 0) is 0 Å². The highest BCUT2D eigenvalue weighted by atomic mass is 32.1. The van der Waals surface area contributed by atoms with Crippen molar-refractivity contribution in [3.8, 4) is 11.1 Å². The molecule has 0 radical (unpaired) electrons. The number of fused-ring (bicyclic) bond motifs is 1. The highest BCUT2D eigenvalue weighted by molar-refractivity contribution is 7.17. The number of hydrogen-bond donors (Lipinski definition) is 1. The van der Waals surface area contributed by atoms with E-state index in [1.54, 1.807) is 11.3 Å². The van der Waals surface area contributed by atoms with E-state index in [1.807, 2.05) is 0 Å². The number of benzene rings is 1. The van der Waals surface area contributed by atoms with Crippen molar-refractivity contribution >= 4 is 33.3 Å². The van der Waals surface area contributed by atoms with Gasteiger partial charge in [0.25, 0.3) is 0 Å². The second-order valence-electron chi connectivity index (χ2n) is 9.22. The molecule has 0 saturated carbocycles. The molecule has 2 fully saturated rings. The predicted molar refractivity (Wildman–Crippen MR) is 136 cm³/mol. The largest absolute Gasteiger partial charge is 0.356 e. The molecule has 0 aliphatic carbocycles. The van der Waals surface area contributed by atoms with Gasteiger partial charge in [-0.3, -0.25) is 0 Å². The van der Waals surface area contributed by atoms with Crippen molar-refractivity contribution in [2.75, 3.05) is 63.6 Å². The molecular weight excluding hydrogens is 416 g/mol. The van der Waals surface area contributed by atoms with Crippen molar-refractivity contribution in [3.63, 3.8) is 0 Å². The lowest BCUT2D eigenvalue weighted by Crippen LogP contribution is -2.42. The zero-order valence-corrected chi connectivity index (χ0v) is 20.1. The van der Waals surface area contributed by atoms with Crippen LogP contribution < -0.4 is 10.2 Å². The fourth-order valence-electron chi connectivity index (χ4n) is 4.99. The lowest BCUT2D eigenvalue weighted by molar-refractivity contribution is 0.249. The molecule has 0 unspecified atom stereocenters. The molecule has 4 heterocycles. The number of nitrogens with zero attached hydrogens (tertiary/aromatic N) is 5. The van der Waals surface area contributed by atoms with Crippen LogP contribution in [0.2, 0.25) is 0 Å². The molecule has 32 heavy (non-hydrogen) atoms. The molecule has 1 N–H and O–H groups in total. The van der Waals surface area contributed by atoms with Gasteiger partial charge < -0.3 is 20.0 Å². The quantitative estimate of drug-likeness (QED) is 0.576. The number of hydrogen-bond acceptors (Lipinski definition) is 7. The maximum atomic E-state index is 5.10. The third-order valence-corrected chi connectivity index (χ3v) is 7.78. The summed E-state index contributed by atoms with van der Waals surface area (Å²) in [5, 5.41) is 6.98. The van der Waals surface area contributed by atoms with E-state index in [-0.39, 0.29) is 0 Å². The summed E-state index contributed by atoms with van der Waals surface area (Å²) < 4.78 is 0. The molecule has 2 aromatic heterocycles. The van der Waals surface area contributed by atoms with Crippen LogP contribution in [0.5, 0.6) is 0 Å². The van der Waals surface area contributed by atoms with Gasteiger partial charge in [-0.25, -0.2) is 4.98 Å². The fourth-order valence-corrected chi connectivity index (χ4v) is 5.93. The van der Waals surface area contributed by atoms with Crippen molar-refractivity contribution in [2.24, 2.45) is 0 Å². The Balaban J connectivity index is 1.45. The van der Waals surface area contributed by atoms with E-state index in [2.05, 4.69) is 69.8 Å². The zero-order chi connectivity index (χ0) is 21.9. The lowest BCUT2D eigenvalue weighted by atomic mass is 10.0. The first-order valence-corrected chi connectivity index (χ1v) is 12.8. The fraction of sp³-hybridized carbons (Fsp3) is 0.520. The van der Waals surface area contributed by atoms with Gasteiger partial charge in [0, 0.05) is 43.2 Å². The number of piperidine rings is 1. The molecule has 170 valence electrons. The number of thiophene rings is 1. The molecule has 2 aliphatic rings. The maximum Gasteiger partial charge on any atom is 0.226 e. The van der Waals surface area contributed by atoms with Crippen LogP contribution >= 0.6 is 11.3 Å². The third kappa shape index (κ3) is 4.60. The van der Waals surface area contributed by atoms with Gasteiger partial charge in [0.1, 0.15) is 10.6 Å². The molecule has 0 bridgehead atoms. The SMILES string of the molecule is CN(C)C1CCN(c2nc(NCCN3CCCC3)nc3scc(-c4ccccc4)c23)CC1. The molecule has 0 spiro atoms. The van der Waals surface area contributed by atoms with Gasteiger partial charge in [-0.1, -0.05) is 30.3 Å². The molecule has 0 amide bonds. The van der Waals surface area contributed by atoms with E-state index in [4.69, 9.17) is 9.97 Å². The Morgan fingerprint density at radius 3 is 2.50 bits per heavy atom. The van der Waals surface area contributed by atoms with Gasteiger partial charge in [0.2, 0.25) is 5.95 Å². The van der Waals surface area contributed by atoms with Crippen LogP contribution in [0.15, 0.2) is 35.7 Å². The van der Waals surface area contributed by atoms with Gasteiger partial charge in [-0.15, -0.1) is 11.3 Å². The number of aromatic nitrogens is 2. The maximum absolute atomic E-state index is 5.10. The van der Waals surface area contributed by atoms with Crippen molar-refractivity contribution in [1.29, 1.82) is 0 Å². The smallest absolute Gasteiger partial charge is 0.226 e. The summed E-state index contributed by atoms with van der Waals surface area (Å²) in [5.41, 5.74) is 2.49. The first kappa shape index (κ1) is 21.6. The average molecular weight is 451 g/mol. The van der Waals surface area contributed by atoms with Gasteiger partial charge in [0.15, 0.2) is 0 Å². The van der Waals surface area contributed by atoms with Crippen LogP contribution in [0.1, 0.15) is 25.7 Å². The lowest BCUT2D eigenvalue weighted by Gasteiger charge is -2.36. The molecule has 7 heteroatoms. The van der Waals surface area contributed by atoms with E-state index in [0.717, 1.165) is 42.8 Å². The van der Waals surface area contributed by atoms with Crippen LogP contribution in [0.4, 0.5) is 11.8 Å². The Kier molecular flexibility index (Phi) is 6.57. The van der Waals surface area contributed by atoms with Crippen LogP contribution in [0.25, 0.3) is 21.3 Å². The monoisotopic (exact) mass is 450 g/mol. The topological polar surface area (TPSA) is 47.5 Å². The second-order valence-corrected chi connectivity index (χ2v) is 10.1. The minimum Gasteiger partial charge on any atom is -0.356 e.